The maximum Gasteiger partial charge on any atom is 0.338 e. The van der Waals surface area contributed by atoms with Crippen LogP contribution in [0.15, 0.2) is 59.2 Å². The van der Waals surface area contributed by atoms with Gasteiger partial charge in [-0.1, -0.05) is 30.4 Å². The van der Waals surface area contributed by atoms with E-state index in [1.165, 1.54) is 0 Å². The third kappa shape index (κ3) is 2.18. The van der Waals surface area contributed by atoms with Gasteiger partial charge in [0.2, 0.25) is 5.88 Å². The zero-order valence-corrected chi connectivity index (χ0v) is 13.1. The number of carbonyl (C=O) groups is 1. The Kier molecular flexibility index (Phi) is 3.53. The smallest absolute Gasteiger partial charge is 0.338 e. The maximum absolute atomic E-state index is 12.7. The van der Waals surface area contributed by atoms with Crippen LogP contribution in [0.5, 0.6) is 0 Å². The van der Waals surface area contributed by atoms with E-state index >= 15 is 0 Å². The van der Waals surface area contributed by atoms with Gasteiger partial charge >= 0.3 is 5.97 Å². The number of nitriles is 1. The molecule has 4 rings (SSSR count). The van der Waals surface area contributed by atoms with Crippen molar-refractivity contribution in [3.05, 3.63) is 59.2 Å². The van der Waals surface area contributed by atoms with E-state index in [0.717, 1.165) is 19.3 Å². The van der Waals surface area contributed by atoms with Crippen molar-refractivity contribution >= 4 is 5.97 Å². The third-order valence-corrected chi connectivity index (χ3v) is 5.06. The van der Waals surface area contributed by atoms with E-state index in [-0.39, 0.29) is 29.7 Å². The lowest BCUT2D eigenvalue weighted by Crippen LogP contribution is -2.41. The molecule has 0 bridgehead atoms. The number of ether oxygens (including phenoxy) is 2. The van der Waals surface area contributed by atoms with Crippen molar-refractivity contribution in [3.63, 3.8) is 0 Å². The summed E-state index contributed by atoms with van der Waals surface area (Å²) in [7, 11) is 0. The van der Waals surface area contributed by atoms with Crippen LogP contribution in [0.3, 0.4) is 0 Å². The number of rotatable bonds is 1. The second kappa shape index (κ2) is 5.72. The van der Waals surface area contributed by atoms with Crippen LogP contribution in [0, 0.1) is 29.1 Å². The molecule has 0 fully saturated rings. The van der Waals surface area contributed by atoms with Crippen LogP contribution in [-0.2, 0) is 14.3 Å². The molecule has 5 heteroatoms. The number of nitrogens with two attached hydrogens (primary N) is 1. The van der Waals surface area contributed by atoms with Crippen LogP contribution < -0.4 is 5.73 Å². The zero-order valence-electron chi connectivity index (χ0n) is 13.1. The summed E-state index contributed by atoms with van der Waals surface area (Å²) in [6.45, 7) is 0. The van der Waals surface area contributed by atoms with Crippen LogP contribution in [0.2, 0.25) is 0 Å². The second-order valence-corrected chi connectivity index (χ2v) is 6.44. The molecule has 4 atom stereocenters. The summed E-state index contributed by atoms with van der Waals surface area (Å²) in [6, 6.07) is 2.15. The summed E-state index contributed by atoms with van der Waals surface area (Å²) >= 11 is 0. The molecule has 2 heterocycles. The first-order chi connectivity index (χ1) is 11.7. The van der Waals surface area contributed by atoms with Crippen molar-refractivity contribution in [2.75, 3.05) is 0 Å². The summed E-state index contributed by atoms with van der Waals surface area (Å²) in [5, 5.41) is 9.58. The van der Waals surface area contributed by atoms with Gasteiger partial charge < -0.3 is 15.2 Å². The normalized spacial score (nSPS) is 34.2. The van der Waals surface area contributed by atoms with Crippen LogP contribution in [0.4, 0.5) is 0 Å². The van der Waals surface area contributed by atoms with Gasteiger partial charge in [0.1, 0.15) is 17.9 Å². The molecule has 2 N–H and O–H groups in total. The first-order valence-corrected chi connectivity index (χ1v) is 8.25. The number of nitrogens with zero attached hydrogens (tertiary/aromatic N) is 1. The molecule has 0 saturated carbocycles. The average molecular weight is 322 g/mol. The Morgan fingerprint density at radius 3 is 2.83 bits per heavy atom. The molecule has 24 heavy (non-hydrogen) atoms. The lowest BCUT2D eigenvalue weighted by atomic mass is 9.72. The topological polar surface area (TPSA) is 85.3 Å². The molecule has 0 aromatic carbocycles. The second-order valence-electron chi connectivity index (χ2n) is 6.44. The van der Waals surface area contributed by atoms with Gasteiger partial charge in [0, 0.05) is 5.92 Å². The number of hydrogen-bond donors (Lipinski definition) is 1. The summed E-state index contributed by atoms with van der Waals surface area (Å²) in [4.78, 5) is 12.7. The van der Waals surface area contributed by atoms with Gasteiger partial charge in [-0.25, -0.2) is 4.79 Å². The Hall–Kier alpha value is -2.74. The highest BCUT2D eigenvalue weighted by Gasteiger charge is 2.47. The zero-order chi connectivity index (χ0) is 16.7. The summed E-state index contributed by atoms with van der Waals surface area (Å²) in [6.07, 6.45) is 14.3. The summed E-state index contributed by atoms with van der Waals surface area (Å²) < 4.78 is 11.4. The van der Waals surface area contributed by atoms with E-state index in [2.05, 4.69) is 18.2 Å². The molecule has 0 aromatic heterocycles. The summed E-state index contributed by atoms with van der Waals surface area (Å²) in [5.41, 5.74) is 6.83. The lowest BCUT2D eigenvalue weighted by molar-refractivity contribution is -0.147. The molecule has 2 aliphatic carbocycles. The van der Waals surface area contributed by atoms with E-state index in [1.807, 2.05) is 24.3 Å². The van der Waals surface area contributed by atoms with Crippen molar-refractivity contribution in [1.82, 2.24) is 0 Å². The van der Waals surface area contributed by atoms with Crippen LogP contribution in [0.25, 0.3) is 0 Å². The Balaban J connectivity index is 1.84. The minimum atomic E-state index is -0.407. The quantitative estimate of drug-likeness (QED) is 0.592. The molecular weight excluding hydrogens is 304 g/mol. The van der Waals surface area contributed by atoms with E-state index in [9.17, 15) is 10.1 Å². The fourth-order valence-corrected chi connectivity index (χ4v) is 3.95. The predicted octanol–water partition coefficient (Wildman–Crippen LogP) is 2.60. The van der Waals surface area contributed by atoms with E-state index in [1.54, 1.807) is 0 Å². The Labute approximate surface area is 140 Å². The molecule has 0 amide bonds. The molecule has 0 aromatic rings. The molecule has 4 unspecified atom stereocenters. The number of hydrogen-bond acceptors (Lipinski definition) is 5. The molecule has 122 valence electrons. The monoisotopic (exact) mass is 322 g/mol. The van der Waals surface area contributed by atoms with Crippen molar-refractivity contribution in [3.8, 4) is 6.07 Å². The molecule has 0 spiro atoms. The van der Waals surface area contributed by atoms with Crippen molar-refractivity contribution in [2.24, 2.45) is 23.5 Å². The van der Waals surface area contributed by atoms with E-state index in [4.69, 9.17) is 15.2 Å². The van der Waals surface area contributed by atoms with E-state index in [0.29, 0.717) is 16.9 Å². The highest BCUT2D eigenvalue weighted by molar-refractivity contribution is 5.92. The number of carbonyl (C=O) groups excluding carboxylic acids is 1. The SMILES string of the molecule is N#CC1=C(N)OC2=C(C(=O)OC3C=CC=CC23)C1C1C=CCCC1. The molecular formula is C19H18N2O3. The van der Waals surface area contributed by atoms with Gasteiger partial charge in [-0.05, 0) is 31.3 Å². The Morgan fingerprint density at radius 2 is 2.08 bits per heavy atom. The minimum absolute atomic E-state index is 0.0630. The van der Waals surface area contributed by atoms with Gasteiger partial charge in [-0.3, -0.25) is 0 Å². The summed E-state index contributed by atoms with van der Waals surface area (Å²) in [5.74, 6) is -0.267. The Morgan fingerprint density at radius 1 is 1.25 bits per heavy atom. The molecule has 2 aliphatic heterocycles. The molecule has 0 radical (unpaired) electrons. The van der Waals surface area contributed by atoms with Crippen molar-refractivity contribution in [1.29, 1.82) is 5.26 Å². The van der Waals surface area contributed by atoms with Crippen molar-refractivity contribution < 1.29 is 14.3 Å². The van der Waals surface area contributed by atoms with Crippen molar-refractivity contribution in [2.45, 2.75) is 25.4 Å². The average Bonchev–Trinajstić information content (AvgIpc) is 2.61. The fourth-order valence-electron chi connectivity index (χ4n) is 3.95. The van der Waals surface area contributed by atoms with Gasteiger partial charge in [-0.2, -0.15) is 5.26 Å². The minimum Gasteiger partial charge on any atom is -0.454 e. The highest BCUT2D eigenvalue weighted by atomic mass is 16.6. The van der Waals surface area contributed by atoms with Gasteiger partial charge in [0.05, 0.1) is 17.1 Å². The first kappa shape index (κ1) is 14.8. The lowest BCUT2D eigenvalue weighted by Gasteiger charge is -2.39. The molecule has 4 aliphatic rings. The van der Waals surface area contributed by atoms with Crippen LogP contribution in [-0.4, -0.2) is 12.1 Å². The maximum atomic E-state index is 12.7. The highest BCUT2D eigenvalue weighted by Crippen LogP contribution is 2.46. The van der Waals surface area contributed by atoms with Gasteiger partial charge in [-0.15, -0.1) is 0 Å². The Bertz CT molecular complexity index is 779. The largest absolute Gasteiger partial charge is 0.454 e. The van der Waals surface area contributed by atoms with Crippen LogP contribution >= 0.6 is 0 Å². The molecule has 5 nitrogen and oxygen atoms in total. The first-order valence-electron chi connectivity index (χ1n) is 8.25. The number of allylic oxidation sites excluding steroid dienone is 5. The van der Waals surface area contributed by atoms with Gasteiger partial charge in [0.15, 0.2) is 0 Å². The fraction of sp³-hybridized carbons (Fsp3) is 0.368. The van der Waals surface area contributed by atoms with Gasteiger partial charge in [0.25, 0.3) is 0 Å². The third-order valence-electron chi connectivity index (χ3n) is 5.06. The predicted molar refractivity (Wildman–Crippen MR) is 86.6 cm³/mol. The van der Waals surface area contributed by atoms with Crippen LogP contribution in [0.1, 0.15) is 19.3 Å². The van der Waals surface area contributed by atoms with E-state index < -0.39 is 5.97 Å². The number of fused-ring (bicyclic) bond motifs is 2. The molecule has 0 saturated heterocycles. The standard InChI is InChI=1S/C19H18N2O3/c20-10-13-15(11-6-2-1-3-7-11)16-17(24-18(13)21)12-8-4-5-9-14(12)23-19(16)22/h2,4-6,8-9,11-12,14-15H,1,3,7,21H2. The number of esters is 1.